The second kappa shape index (κ2) is 5.60. The van der Waals surface area contributed by atoms with Crippen LogP contribution in [0.15, 0.2) is 6.20 Å². The molecule has 2 aromatic heterocycles. The fourth-order valence-corrected chi connectivity index (χ4v) is 1.77. The fraction of sp³-hybridized carbons (Fsp3) is 0.500. The minimum absolute atomic E-state index is 0.0505. The number of anilines is 1. The molecule has 9 heteroatoms. The maximum absolute atomic E-state index is 12.0. The number of nitrogens with zero attached hydrogens (tertiary/aromatic N) is 3. The van der Waals surface area contributed by atoms with E-state index < -0.39 is 12.6 Å². The largest absolute Gasteiger partial charge is 0.389 e. The van der Waals surface area contributed by atoms with Crippen LogP contribution in [0.3, 0.4) is 0 Å². The SMILES string of the molecule is FC(F)(F)CCCCNc1nc(Cl)nc2[nH]ncc12. The Balaban J connectivity index is 1.89. The summed E-state index contributed by atoms with van der Waals surface area (Å²) in [7, 11) is 0. The maximum Gasteiger partial charge on any atom is 0.389 e. The Hall–Kier alpha value is -1.57. The maximum atomic E-state index is 12.0. The zero-order chi connectivity index (χ0) is 13.9. The van der Waals surface area contributed by atoms with E-state index in [0.29, 0.717) is 29.8 Å². The first-order valence-electron chi connectivity index (χ1n) is 5.63. The lowest BCUT2D eigenvalue weighted by Gasteiger charge is -2.08. The molecule has 0 spiro atoms. The number of unbranched alkanes of at least 4 members (excludes halogenated alkanes) is 1. The van der Waals surface area contributed by atoms with E-state index in [2.05, 4.69) is 25.5 Å². The van der Waals surface area contributed by atoms with E-state index in [0.717, 1.165) is 0 Å². The third kappa shape index (κ3) is 3.95. The van der Waals surface area contributed by atoms with Crippen LogP contribution in [0, 0.1) is 0 Å². The van der Waals surface area contributed by atoms with Crippen molar-refractivity contribution in [3.8, 4) is 0 Å². The molecule has 5 nitrogen and oxygen atoms in total. The number of H-pyrrole nitrogens is 1. The number of hydrogen-bond donors (Lipinski definition) is 2. The molecule has 0 unspecified atom stereocenters. The van der Waals surface area contributed by atoms with E-state index in [1.807, 2.05) is 0 Å². The molecule has 0 saturated heterocycles. The monoisotopic (exact) mass is 293 g/mol. The highest BCUT2D eigenvalue weighted by Gasteiger charge is 2.25. The number of halogens is 4. The third-order valence-corrected chi connectivity index (χ3v) is 2.63. The molecule has 2 heterocycles. The van der Waals surface area contributed by atoms with Crippen LogP contribution in [0.2, 0.25) is 5.28 Å². The van der Waals surface area contributed by atoms with E-state index in [1.54, 1.807) is 0 Å². The lowest BCUT2D eigenvalue weighted by Crippen LogP contribution is -2.09. The Morgan fingerprint density at radius 1 is 1.26 bits per heavy atom. The van der Waals surface area contributed by atoms with Crippen LogP contribution in [0.5, 0.6) is 0 Å². The summed E-state index contributed by atoms with van der Waals surface area (Å²) in [5.41, 5.74) is 0.484. The Kier molecular flexibility index (Phi) is 4.08. The van der Waals surface area contributed by atoms with Gasteiger partial charge in [0.05, 0.1) is 11.6 Å². The van der Waals surface area contributed by atoms with Crippen LogP contribution in [0.4, 0.5) is 19.0 Å². The van der Waals surface area contributed by atoms with Crippen LogP contribution < -0.4 is 5.32 Å². The standard InChI is InChI=1S/C10H11ClF3N5/c11-9-17-7(6-5-16-19-8(6)18-9)15-4-2-1-3-10(12,13)14/h5H,1-4H2,(H2,15,16,17,18,19). The highest BCUT2D eigenvalue weighted by Crippen LogP contribution is 2.23. The van der Waals surface area contributed by atoms with Crippen molar-refractivity contribution in [3.63, 3.8) is 0 Å². The minimum Gasteiger partial charge on any atom is -0.369 e. The normalized spacial score (nSPS) is 12.0. The average molecular weight is 294 g/mol. The van der Waals surface area contributed by atoms with Gasteiger partial charge >= 0.3 is 6.18 Å². The van der Waals surface area contributed by atoms with Gasteiger partial charge in [0.25, 0.3) is 0 Å². The first-order valence-corrected chi connectivity index (χ1v) is 6.01. The van der Waals surface area contributed by atoms with Gasteiger partial charge in [-0.3, -0.25) is 5.10 Å². The van der Waals surface area contributed by atoms with Crippen molar-refractivity contribution in [2.24, 2.45) is 0 Å². The van der Waals surface area contributed by atoms with Gasteiger partial charge in [-0.25, -0.2) is 0 Å². The second-order valence-electron chi connectivity index (χ2n) is 3.97. The molecule has 0 aliphatic heterocycles. The zero-order valence-corrected chi connectivity index (χ0v) is 10.5. The molecule has 2 rings (SSSR count). The molecular formula is C10H11ClF3N5. The van der Waals surface area contributed by atoms with Gasteiger partial charge < -0.3 is 5.32 Å². The summed E-state index contributed by atoms with van der Waals surface area (Å²) < 4.78 is 35.9. The number of hydrogen-bond acceptors (Lipinski definition) is 4. The van der Waals surface area contributed by atoms with Crippen LogP contribution in [-0.4, -0.2) is 32.9 Å². The van der Waals surface area contributed by atoms with Crippen LogP contribution in [0.1, 0.15) is 19.3 Å². The van der Waals surface area contributed by atoms with Crippen molar-refractivity contribution in [2.75, 3.05) is 11.9 Å². The molecule has 0 bridgehead atoms. The first-order chi connectivity index (χ1) is 8.96. The van der Waals surface area contributed by atoms with Gasteiger partial charge in [0, 0.05) is 13.0 Å². The molecule has 2 N–H and O–H groups in total. The zero-order valence-electron chi connectivity index (χ0n) is 9.76. The number of aromatic nitrogens is 4. The predicted octanol–water partition coefficient (Wildman–Crippen LogP) is 3.15. The van der Waals surface area contributed by atoms with E-state index in [-0.39, 0.29) is 11.7 Å². The molecule has 0 amide bonds. The molecule has 0 radical (unpaired) electrons. The molecule has 0 aliphatic carbocycles. The van der Waals surface area contributed by atoms with Crippen molar-refractivity contribution in [3.05, 3.63) is 11.5 Å². The molecule has 0 atom stereocenters. The fourth-order valence-electron chi connectivity index (χ4n) is 1.60. The van der Waals surface area contributed by atoms with Crippen molar-refractivity contribution in [2.45, 2.75) is 25.4 Å². The molecule has 104 valence electrons. The van der Waals surface area contributed by atoms with Gasteiger partial charge in [-0.1, -0.05) is 0 Å². The Labute approximate surface area is 111 Å². The predicted molar refractivity (Wildman–Crippen MR) is 65.1 cm³/mol. The molecule has 19 heavy (non-hydrogen) atoms. The number of alkyl halides is 3. The lowest BCUT2D eigenvalue weighted by atomic mass is 10.2. The Morgan fingerprint density at radius 2 is 2.05 bits per heavy atom. The van der Waals surface area contributed by atoms with Crippen LogP contribution in [-0.2, 0) is 0 Å². The molecular weight excluding hydrogens is 283 g/mol. The number of nitrogens with one attached hydrogen (secondary N) is 2. The van der Waals surface area contributed by atoms with E-state index in [9.17, 15) is 13.2 Å². The highest BCUT2D eigenvalue weighted by atomic mass is 35.5. The van der Waals surface area contributed by atoms with Gasteiger partial charge in [0.2, 0.25) is 5.28 Å². The topological polar surface area (TPSA) is 66.5 Å². The molecule has 0 aliphatic rings. The molecule has 0 aromatic carbocycles. The number of rotatable bonds is 5. The summed E-state index contributed by atoms with van der Waals surface area (Å²) in [6.07, 6.45) is -2.88. The molecule has 0 fully saturated rings. The van der Waals surface area contributed by atoms with Gasteiger partial charge in [-0.15, -0.1) is 0 Å². The minimum atomic E-state index is -4.10. The summed E-state index contributed by atoms with van der Waals surface area (Å²) in [6.45, 7) is 0.379. The van der Waals surface area contributed by atoms with E-state index in [4.69, 9.17) is 11.6 Å². The number of fused-ring (bicyclic) bond motifs is 1. The van der Waals surface area contributed by atoms with Gasteiger partial charge in [-0.05, 0) is 24.4 Å². The third-order valence-electron chi connectivity index (χ3n) is 2.46. The average Bonchev–Trinajstić information content (AvgIpc) is 2.74. The van der Waals surface area contributed by atoms with Crippen molar-refractivity contribution in [1.82, 2.24) is 20.2 Å². The van der Waals surface area contributed by atoms with Crippen molar-refractivity contribution in [1.29, 1.82) is 0 Å². The number of aromatic amines is 1. The van der Waals surface area contributed by atoms with Crippen LogP contribution in [0.25, 0.3) is 11.0 Å². The van der Waals surface area contributed by atoms with Crippen molar-refractivity contribution < 1.29 is 13.2 Å². The Bertz CT molecular complexity index is 554. The van der Waals surface area contributed by atoms with Crippen molar-refractivity contribution >= 4 is 28.5 Å². The lowest BCUT2D eigenvalue weighted by molar-refractivity contribution is -0.135. The summed E-state index contributed by atoms with van der Waals surface area (Å²) in [4.78, 5) is 7.90. The summed E-state index contributed by atoms with van der Waals surface area (Å²) >= 11 is 5.72. The molecule has 0 saturated carbocycles. The van der Waals surface area contributed by atoms with Gasteiger partial charge in [0.1, 0.15) is 5.82 Å². The highest BCUT2D eigenvalue weighted by molar-refractivity contribution is 6.28. The summed E-state index contributed by atoms with van der Waals surface area (Å²) in [5.74, 6) is 0.468. The van der Waals surface area contributed by atoms with E-state index in [1.165, 1.54) is 6.20 Å². The summed E-state index contributed by atoms with van der Waals surface area (Å²) in [6, 6.07) is 0. The van der Waals surface area contributed by atoms with Gasteiger partial charge in [0.15, 0.2) is 5.65 Å². The smallest absolute Gasteiger partial charge is 0.369 e. The first kappa shape index (κ1) is 13.9. The summed E-state index contributed by atoms with van der Waals surface area (Å²) in [5, 5.41) is 10.1. The van der Waals surface area contributed by atoms with Crippen LogP contribution >= 0.6 is 11.6 Å². The van der Waals surface area contributed by atoms with E-state index >= 15 is 0 Å². The Morgan fingerprint density at radius 3 is 2.79 bits per heavy atom. The molecule has 2 aromatic rings. The quantitative estimate of drug-likeness (QED) is 0.656. The van der Waals surface area contributed by atoms with Gasteiger partial charge in [-0.2, -0.15) is 28.2 Å². The second-order valence-corrected chi connectivity index (χ2v) is 4.31.